The summed E-state index contributed by atoms with van der Waals surface area (Å²) < 4.78 is 0. The number of benzene rings is 2. The van der Waals surface area contributed by atoms with Crippen molar-refractivity contribution in [3.8, 4) is 11.1 Å². The van der Waals surface area contributed by atoms with Crippen LogP contribution in [0.2, 0.25) is 10.8 Å². The quantitative estimate of drug-likeness (QED) is 0.258. The van der Waals surface area contributed by atoms with E-state index < -0.39 is 42.6 Å². The zero-order chi connectivity index (χ0) is 30.4. The van der Waals surface area contributed by atoms with Crippen molar-refractivity contribution in [1.29, 1.82) is 0 Å². The number of halogens is 1. The lowest BCUT2D eigenvalue weighted by atomic mass is 9.57. The molecule has 2 aromatic carbocycles. The van der Waals surface area contributed by atoms with Crippen molar-refractivity contribution in [3.63, 3.8) is 0 Å². The number of carboxylic acid groups (broad SMARTS) is 2. The van der Waals surface area contributed by atoms with Crippen LogP contribution in [0.5, 0.6) is 0 Å². The van der Waals surface area contributed by atoms with E-state index in [2.05, 4.69) is 5.32 Å². The molecule has 2 aliphatic heterocycles. The molecule has 4 rings (SSSR count). The van der Waals surface area contributed by atoms with Crippen molar-refractivity contribution >= 4 is 54.0 Å². The number of nitrogens with zero attached hydrogens (tertiary/aromatic N) is 2. The number of amides is 3. The van der Waals surface area contributed by atoms with E-state index in [9.17, 15) is 29.1 Å². The third kappa shape index (κ3) is 7.44. The molecular formula is C29H30BClN4O7. The second-order valence-electron chi connectivity index (χ2n) is 10.2. The number of fused-ring (bicyclic) bond motifs is 1. The standard InChI is InChI=1S/C29H30BClN4O7/c31-20-4-1-3-19(15-20)17-7-9-18(10-8-17)24-16-21-11-13-25(36)35(21)30(34-24)22(12-14-27(39)40)29(42)33-23(28(32)41)5-2-6-26(37)38/h1,3-4,7-10,15-16,22-23H,2,5-6,11-14H2,(H2,32,41)(H,33,42)(H,37,38)(H,39,40)/t22?,23-/m0/s1. The molecule has 1 saturated heterocycles. The van der Waals surface area contributed by atoms with Gasteiger partial charge < -0.3 is 31.0 Å². The third-order valence-corrected chi connectivity index (χ3v) is 7.50. The highest BCUT2D eigenvalue weighted by Crippen LogP contribution is 2.35. The summed E-state index contributed by atoms with van der Waals surface area (Å²) in [6.07, 6.45) is 1.77. The maximum atomic E-state index is 13.6. The number of carbonyl (C=O) groups excluding carboxylic acids is 3. The van der Waals surface area contributed by atoms with Crippen molar-refractivity contribution < 1.29 is 34.2 Å². The molecule has 0 aromatic heterocycles. The number of primary amides is 1. The molecule has 2 atom stereocenters. The van der Waals surface area contributed by atoms with Crippen LogP contribution >= 0.6 is 11.6 Å². The molecule has 0 spiro atoms. The highest BCUT2D eigenvalue weighted by molar-refractivity contribution is 6.66. The van der Waals surface area contributed by atoms with Crippen LogP contribution in [0.1, 0.15) is 50.5 Å². The van der Waals surface area contributed by atoms with Crippen LogP contribution in [0.25, 0.3) is 11.1 Å². The maximum absolute atomic E-state index is 13.6. The minimum absolute atomic E-state index is 0.00895. The van der Waals surface area contributed by atoms with Gasteiger partial charge in [-0.05, 0) is 60.6 Å². The first-order valence-electron chi connectivity index (χ1n) is 13.5. The van der Waals surface area contributed by atoms with Gasteiger partial charge in [0.1, 0.15) is 6.04 Å². The van der Waals surface area contributed by atoms with E-state index >= 15 is 0 Å². The summed E-state index contributed by atoms with van der Waals surface area (Å²) in [5, 5.41) is 21.5. The van der Waals surface area contributed by atoms with Crippen molar-refractivity contribution in [3.05, 3.63) is 70.9 Å². The Morgan fingerprint density at radius 1 is 0.976 bits per heavy atom. The van der Waals surface area contributed by atoms with Gasteiger partial charge in [0, 0.05) is 30.0 Å². The summed E-state index contributed by atoms with van der Waals surface area (Å²) in [6.45, 7) is -1.05. The molecule has 42 heavy (non-hydrogen) atoms. The Hall–Kier alpha value is -4.45. The molecule has 0 radical (unpaired) electrons. The fraction of sp³-hybridized carbons (Fsp3) is 0.310. The number of hydrogen-bond acceptors (Lipinski definition) is 6. The molecule has 0 saturated carbocycles. The van der Waals surface area contributed by atoms with Gasteiger partial charge >= 0.3 is 18.9 Å². The molecule has 11 nitrogen and oxygen atoms in total. The number of carbonyl (C=O) groups is 5. The number of aliphatic carboxylic acids is 2. The van der Waals surface area contributed by atoms with Crippen LogP contribution in [0.4, 0.5) is 0 Å². The van der Waals surface area contributed by atoms with Gasteiger partial charge in [-0.2, -0.15) is 0 Å². The van der Waals surface area contributed by atoms with E-state index in [0.29, 0.717) is 22.9 Å². The van der Waals surface area contributed by atoms with Gasteiger partial charge in [-0.25, -0.2) is 0 Å². The fourth-order valence-electron chi connectivity index (χ4n) is 5.14. The fourth-order valence-corrected chi connectivity index (χ4v) is 5.33. The Balaban J connectivity index is 1.65. The monoisotopic (exact) mass is 592 g/mol. The van der Waals surface area contributed by atoms with Crippen LogP contribution in [-0.2, 0) is 24.0 Å². The average Bonchev–Trinajstić information content (AvgIpc) is 3.32. The largest absolute Gasteiger partial charge is 0.481 e. The minimum Gasteiger partial charge on any atom is -0.481 e. The second-order valence-corrected chi connectivity index (χ2v) is 10.6. The summed E-state index contributed by atoms with van der Waals surface area (Å²) in [6, 6.07) is 13.8. The molecule has 0 aliphatic carbocycles. The van der Waals surface area contributed by atoms with Gasteiger partial charge in [-0.15, -0.1) is 0 Å². The van der Waals surface area contributed by atoms with Crippen molar-refractivity contribution in [2.45, 2.75) is 56.8 Å². The zero-order valence-electron chi connectivity index (χ0n) is 22.7. The van der Waals surface area contributed by atoms with Crippen molar-refractivity contribution in [2.24, 2.45) is 10.6 Å². The summed E-state index contributed by atoms with van der Waals surface area (Å²) >= 11 is 6.14. The van der Waals surface area contributed by atoms with Crippen LogP contribution in [0.3, 0.4) is 0 Å². The Morgan fingerprint density at radius 2 is 1.67 bits per heavy atom. The molecular weight excluding hydrogens is 563 g/mol. The van der Waals surface area contributed by atoms with E-state index in [1.807, 2.05) is 42.5 Å². The highest BCUT2D eigenvalue weighted by Gasteiger charge is 2.46. The third-order valence-electron chi connectivity index (χ3n) is 7.26. The van der Waals surface area contributed by atoms with Gasteiger partial charge in [0.2, 0.25) is 17.7 Å². The molecule has 13 heteroatoms. The molecule has 0 bridgehead atoms. The number of carboxylic acids is 2. The van der Waals surface area contributed by atoms with Gasteiger partial charge in [0.15, 0.2) is 0 Å². The van der Waals surface area contributed by atoms with E-state index in [4.69, 9.17) is 27.3 Å². The Kier molecular flexibility index (Phi) is 9.79. The molecule has 218 valence electrons. The van der Waals surface area contributed by atoms with E-state index in [1.54, 1.807) is 12.1 Å². The predicted octanol–water partition coefficient (Wildman–Crippen LogP) is 3.26. The van der Waals surface area contributed by atoms with Crippen molar-refractivity contribution in [2.75, 3.05) is 0 Å². The number of nitrogens with one attached hydrogen (secondary N) is 1. The molecule has 1 unspecified atom stereocenters. The lowest BCUT2D eigenvalue weighted by Crippen LogP contribution is -2.52. The second kappa shape index (κ2) is 13.5. The van der Waals surface area contributed by atoms with Crippen LogP contribution in [0, 0.1) is 0 Å². The first-order valence-corrected chi connectivity index (χ1v) is 13.9. The van der Waals surface area contributed by atoms with Crippen LogP contribution < -0.4 is 11.1 Å². The molecule has 3 amide bonds. The lowest BCUT2D eigenvalue weighted by molar-refractivity contribution is -0.138. The molecule has 2 aromatic rings. The number of rotatable bonds is 13. The average molecular weight is 593 g/mol. The normalized spacial score (nSPS) is 15.8. The van der Waals surface area contributed by atoms with E-state index in [1.165, 1.54) is 4.81 Å². The topological polar surface area (TPSA) is 179 Å². The highest BCUT2D eigenvalue weighted by atomic mass is 35.5. The first kappa shape index (κ1) is 30.5. The lowest BCUT2D eigenvalue weighted by Gasteiger charge is -2.32. The van der Waals surface area contributed by atoms with Crippen LogP contribution in [-0.4, -0.2) is 63.4 Å². The molecule has 5 N–H and O–H groups in total. The summed E-state index contributed by atoms with van der Waals surface area (Å²) in [5.41, 5.74) is 9.25. The Labute approximate surface area is 247 Å². The van der Waals surface area contributed by atoms with Gasteiger partial charge in [0.25, 0.3) is 0 Å². The van der Waals surface area contributed by atoms with Gasteiger partial charge in [-0.1, -0.05) is 48.0 Å². The smallest absolute Gasteiger partial charge is 0.414 e. The summed E-state index contributed by atoms with van der Waals surface area (Å²) in [5.74, 6) is -5.10. The molecule has 2 aliphatic rings. The van der Waals surface area contributed by atoms with Crippen molar-refractivity contribution in [1.82, 2.24) is 10.1 Å². The maximum Gasteiger partial charge on any atom is 0.414 e. The van der Waals surface area contributed by atoms with E-state index in [-0.39, 0.29) is 44.4 Å². The number of nitrogens with two attached hydrogens (primary N) is 1. The predicted molar refractivity (Wildman–Crippen MR) is 157 cm³/mol. The van der Waals surface area contributed by atoms with Crippen LogP contribution in [0.15, 0.2) is 65.2 Å². The minimum atomic E-state index is -1.17. The Bertz CT molecular complexity index is 1460. The summed E-state index contributed by atoms with van der Waals surface area (Å²) in [7, 11) is 0. The number of allylic oxidation sites excluding steroid dienone is 2. The first-order chi connectivity index (χ1) is 20.0. The Morgan fingerprint density at radius 3 is 2.31 bits per heavy atom. The van der Waals surface area contributed by atoms with E-state index in [0.717, 1.165) is 16.7 Å². The zero-order valence-corrected chi connectivity index (χ0v) is 23.4. The van der Waals surface area contributed by atoms with Gasteiger partial charge in [-0.3, -0.25) is 24.0 Å². The SMILES string of the molecule is NC(=O)[C@H](CCCC(=O)O)NC(=O)C(CCC(=O)O)B1N=C(c2ccc(-c3cccc(Cl)c3)cc2)C=C2CCC(=O)N12. The van der Waals surface area contributed by atoms with Gasteiger partial charge in [0.05, 0.1) is 11.5 Å². The number of hydrogen-bond donors (Lipinski definition) is 4. The summed E-state index contributed by atoms with van der Waals surface area (Å²) in [4.78, 5) is 67.1. The molecule has 1 fully saturated rings. The molecule has 2 heterocycles.